The minimum absolute atomic E-state index is 0.0159. The molecule has 5 N–H and O–H groups in total. The lowest BCUT2D eigenvalue weighted by Crippen LogP contribution is -2.30. The van der Waals surface area contributed by atoms with E-state index in [9.17, 15) is 4.57 Å². The Morgan fingerprint density at radius 2 is 2.00 bits per heavy atom. The van der Waals surface area contributed by atoms with E-state index in [-0.39, 0.29) is 17.2 Å². The first-order chi connectivity index (χ1) is 7.88. The van der Waals surface area contributed by atoms with Crippen LogP contribution in [0.3, 0.4) is 0 Å². The molecule has 17 heavy (non-hydrogen) atoms. The van der Waals surface area contributed by atoms with Crippen molar-refractivity contribution < 1.29 is 4.57 Å². The third-order valence-electron chi connectivity index (χ3n) is 1.84. The zero-order valence-electron chi connectivity index (χ0n) is 9.59. The summed E-state index contributed by atoms with van der Waals surface area (Å²) < 4.78 is 12.8. The van der Waals surface area contributed by atoms with Gasteiger partial charge in [0.1, 0.15) is 0 Å². The molecule has 1 aromatic rings. The summed E-state index contributed by atoms with van der Waals surface area (Å²) >= 11 is 5.74. The Kier molecular flexibility index (Phi) is 4.64. The van der Waals surface area contributed by atoms with Crippen LogP contribution in [0.2, 0.25) is 5.28 Å². The quantitative estimate of drug-likeness (QED) is 0.677. The molecule has 0 amide bonds. The van der Waals surface area contributed by atoms with Gasteiger partial charge in [-0.3, -0.25) is 20.2 Å². The van der Waals surface area contributed by atoms with Gasteiger partial charge in [0.05, 0.1) is 0 Å². The maximum Gasteiger partial charge on any atom is 0.302 e. The zero-order valence-corrected chi connectivity index (χ0v) is 11.2. The number of anilines is 2. The molecule has 8 nitrogen and oxygen atoms in total. The number of halogens is 1. The summed E-state index contributed by atoms with van der Waals surface area (Å²) in [5.74, 6) is 0.381. The molecule has 0 saturated carbocycles. The molecule has 10 heteroatoms. The van der Waals surface area contributed by atoms with Crippen LogP contribution >= 0.6 is 19.2 Å². The van der Waals surface area contributed by atoms with Crippen molar-refractivity contribution in [2.75, 3.05) is 23.1 Å². The first-order valence-electron chi connectivity index (χ1n) is 4.99. The van der Waals surface area contributed by atoms with Gasteiger partial charge in [0.15, 0.2) is 0 Å². The van der Waals surface area contributed by atoms with Crippen molar-refractivity contribution in [3.63, 3.8) is 0 Å². The van der Waals surface area contributed by atoms with Gasteiger partial charge in [0, 0.05) is 13.1 Å². The van der Waals surface area contributed by atoms with E-state index in [0.29, 0.717) is 13.1 Å². The molecular weight excluding hydrogens is 265 g/mol. The van der Waals surface area contributed by atoms with Gasteiger partial charge < -0.3 is 5.32 Å². The highest BCUT2D eigenvalue weighted by molar-refractivity contribution is 7.60. The zero-order chi connectivity index (χ0) is 13.1. The lowest BCUT2D eigenvalue weighted by atomic mass is 10.7. The van der Waals surface area contributed by atoms with Crippen molar-refractivity contribution in [1.82, 2.24) is 15.0 Å². The minimum Gasteiger partial charge on any atom is -0.354 e. The summed E-state index contributed by atoms with van der Waals surface area (Å²) in [6.07, 6.45) is 0. The average molecular weight is 280 g/mol. The Morgan fingerprint density at radius 1 is 1.35 bits per heavy atom. The highest BCUT2D eigenvalue weighted by Gasteiger charge is 2.23. The smallest absolute Gasteiger partial charge is 0.302 e. The van der Waals surface area contributed by atoms with Crippen LogP contribution in [-0.4, -0.2) is 28.0 Å². The van der Waals surface area contributed by atoms with Gasteiger partial charge in [-0.1, -0.05) is 0 Å². The second-order valence-corrected chi connectivity index (χ2v) is 5.31. The third kappa shape index (κ3) is 3.78. The predicted octanol–water partition coefficient (Wildman–Crippen LogP) is 0.809. The van der Waals surface area contributed by atoms with Crippen molar-refractivity contribution >= 4 is 31.1 Å². The first kappa shape index (κ1) is 14.1. The van der Waals surface area contributed by atoms with E-state index in [0.717, 1.165) is 0 Å². The molecule has 0 spiro atoms. The number of hydrogen-bond donors (Lipinski definition) is 3. The van der Waals surface area contributed by atoms with E-state index in [1.165, 1.54) is 4.67 Å². The van der Waals surface area contributed by atoms with Gasteiger partial charge in [-0.15, -0.1) is 0 Å². The first-order valence-corrected chi connectivity index (χ1v) is 7.16. The number of nitrogens with two attached hydrogens (primary N) is 2. The van der Waals surface area contributed by atoms with Crippen molar-refractivity contribution in [1.29, 1.82) is 0 Å². The molecule has 0 unspecified atom stereocenters. The number of nitrogens with zero attached hydrogens (tertiary/aromatic N) is 4. The Balaban J connectivity index is 3.15. The predicted molar refractivity (Wildman–Crippen MR) is 68.0 cm³/mol. The Bertz CT molecular complexity index is 436. The van der Waals surface area contributed by atoms with Crippen LogP contribution in [0.25, 0.3) is 0 Å². The molecule has 96 valence electrons. The Hall–Kier alpha value is -0.950. The van der Waals surface area contributed by atoms with Gasteiger partial charge in [-0.05, 0) is 25.4 Å². The highest BCUT2D eigenvalue weighted by Crippen LogP contribution is 2.35. The summed E-state index contributed by atoms with van der Waals surface area (Å²) in [5, 5.41) is 2.86. The largest absolute Gasteiger partial charge is 0.354 e. The third-order valence-corrected chi connectivity index (χ3v) is 3.22. The molecule has 0 saturated heterocycles. The molecular formula is C7H15ClN7OP. The molecule has 0 radical (unpaired) electrons. The lowest BCUT2D eigenvalue weighted by molar-refractivity contribution is 0.572. The number of rotatable bonds is 5. The van der Waals surface area contributed by atoms with E-state index in [1.54, 1.807) is 6.92 Å². The van der Waals surface area contributed by atoms with Gasteiger partial charge in [-0.25, -0.2) is 0 Å². The fraction of sp³-hybridized carbons (Fsp3) is 0.571. The molecule has 0 aromatic carbocycles. The standard InChI is InChI=1S/C7H15ClN7OP/c1-3-11-6-12-5(8)13-7(14-6)15(4-2)17(9,10)16/h3-4H2,1-2H3,(H4,9,10,16)(H,11,12,13,14). The van der Waals surface area contributed by atoms with Crippen LogP contribution in [0.15, 0.2) is 0 Å². The molecule has 0 atom stereocenters. The SMILES string of the molecule is CCNc1nc(Cl)nc(N(CC)P(N)(N)=O)n1. The van der Waals surface area contributed by atoms with Crippen LogP contribution in [0, 0.1) is 0 Å². The average Bonchev–Trinajstić information content (AvgIpc) is 2.15. The number of aromatic nitrogens is 3. The normalized spacial score (nSPS) is 11.4. The summed E-state index contributed by atoms with van der Waals surface area (Å²) in [7, 11) is -3.46. The van der Waals surface area contributed by atoms with E-state index in [4.69, 9.17) is 22.6 Å². The van der Waals surface area contributed by atoms with Gasteiger partial charge >= 0.3 is 7.59 Å². The number of nitrogens with one attached hydrogen (secondary N) is 1. The van der Waals surface area contributed by atoms with Crippen LogP contribution in [0.5, 0.6) is 0 Å². The topological polar surface area (TPSA) is 123 Å². The molecule has 0 aliphatic heterocycles. The molecule has 1 aromatic heterocycles. The lowest BCUT2D eigenvalue weighted by Gasteiger charge is -2.23. The summed E-state index contributed by atoms with van der Waals surface area (Å²) in [4.78, 5) is 11.7. The number of hydrogen-bond acceptors (Lipinski definition) is 5. The van der Waals surface area contributed by atoms with Crippen molar-refractivity contribution in [2.24, 2.45) is 11.0 Å². The second kappa shape index (κ2) is 5.59. The van der Waals surface area contributed by atoms with Crippen molar-refractivity contribution in [3.8, 4) is 0 Å². The molecule has 0 bridgehead atoms. The summed E-state index contributed by atoms with van der Waals surface area (Å²) in [5.41, 5.74) is 10.8. The Labute approximate surface area is 104 Å². The molecule has 0 aliphatic carbocycles. The molecule has 0 aliphatic rings. The maximum absolute atomic E-state index is 11.6. The van der Waals surface area contributed by atoms with Crippen LogP contribution in [0.1, 0.15) is 13.8 Å². The summed E-state index contributed by atoms with van der Waals surface area (Å²) in [6, 6.07) is 0. The van der Waals surface area contributed by atoms with Crippen LogP contribution in [0.4, 0.5) is 11.9 Å². The van der Waals surface area contributed by atoms with Crippen molar-refractivity contribution in [2.45, 2.75) is 13.8 Å². The maximum atomic E-state index is 11.6. The monoisotopic (exact) mass is 279 g/mol. The van der Waals surface area contributed by atoms with Gasteiger partial charge in [0.2, 0.25) is 17.2 Å². The fourth-order valence-electron chi connectivity index (χ4n) is 1.19. The van der Waals surface area contributed by atoms with E-state index >= 15 is 0 Å². The van der Waals surface area contributed by atoms with Crippen LogP contribution in [-0.2, 0) is 4.57 Å². The minimum atomic E-state index is -3.46. The van der Waals surface area contributed by atoms with E-state index < -0.39 is 7.59 Å². The van der Waals surface area contributed by atoms with Gasteiger partial charge in [0.25, 0.3) is 0 Å². The van der Waals surface area contributed by atoms with E-state index in [2.05, 4.69) is 20.3 Å². The fourth-order valence-corrected chi connectivity index (χ4v) is 2.16. The molecule has 0 fully saturated rings. The molecule has 1 heterocycles. The van der Waals surface area contributed by atoms with Crippen LogP contribution < -0.4 is 21.0 Å². The highest BCUT2D eigenvalue weighted by atomic mass is 35.5. The van der Waals surface area contributed by atoms with Crippen molar-refractivity contribution in [3.05, 3.63) is 5.28 Å². The Morgan fingerprint density at radius 3 is 2.47 bits per heavy atom. The summed E-state index contributed by atoms with van der Waals surface area (Å²) in [6.45, 7) is 4.54. The van der Waals surface area contributed by atoms with E-state index in [1.807, 2.05) is 6.92 Å². The molecule has 1 rings (SSSR count). The second-order valence-electron chi connectivity index (χ2n) is 3.15. The van der Waals surface area contributed by atoms with Gasteiger partial charge in [-0.2, -0.15) is 15.0 Å².